The lowest BCUT2D eigenvalue weighted by molar-refractivity contribution is 0.102. The van der Waals surface area contributed by atoms with E-state index in [4.69, 9.17) is 0 Å². The van der Waals surface area contributed by atoms with Crippen molar-refractivity contribution in [1.82, 2.24) is 0 Å². The Morgan fingerprint density at radius 2 is 1.30 bits per heavy atom. The molecule has 0 spiro atoms. The standard InChI is InChI=1S/C23H23N3O/c27-23(18-8-14-22(15-9-18)26-16-4-5-17-26)25-21-12-10-20(11-13-21)24-19-6-2-1-3-7-19/h1-3,6-15,24H,4-5,16-17H2,(H,25,27). The Labute approximate surface area is 159 Å². The molecule has 1 heterocycles. The molecule has 3 aromatic rings. The van der Waals surface area contributed by atoms with E-state index in [2.05, 4.69) is 15.5 Å². The maximum atomic E-state index is 12.5. The average Bonchev–Trinajstić information content (AvgIpc) is 3.25. The van der Waals surface area contributed by atoms with Gasteiger partial charge in [0.25, 0.3) is 5.91 Å². The number of nitrogens with zero attached hydrogens (tertiary/aromatic N) is 1. The fraction of sp³-hybridized carbons (Fsp3) is 0.174. The van der Waals surface area contributed by atoms with Crippen molar-refractivity contribution < 1.29 is 4.79 Å². The maximum Gasteiger partial charge on any atom is 0.255 e. The Morgan fingerprint density at radius 3 is 1.96 bits per heavy atom. The second-order valence-electron chi connectivity index (χ2n) is 6.76. The van der Waals surface area contributed by atoms with Crippen LogP contribution in [0.4, 0.5) is 22.7 Å². The second-order valence-corrected chi connectivity index (χ2v) is 6.76. The highest BCUT2D eigenvalue weighted by atomic mass is 16.1. The lowest BCUT2D eigenvalue weighted by Gasteiger charge is -2.17. The predicted molar refractivity (Wildman–Crippen MR) is 112 cm³/mol. The van der Waals surface area contributed by atoms with Crippen molar-refractivity contribution in [3.8, 4) is 0 Å². The van der Waals surface area contributed by atoms with Gasteiger partial charge in [-0.15, -0.1) is 0 Å². The number of carbonyl (C=O) groups excluding carboxylic acids is 1. The minimum Gasteiger partial charge on any atom is -0.372 e. The fourth-order valence-electron chi connectivity index (χ4n) is 3.33. The molecule has 4 nitrogen and oxygen atoms in total. The summed E-state index contributed by atoms with van der Waals surface area (Å²) in [7, 11) is 0. The first-order valence-corrected chi connectivity index (χ1v) is 9.36. The van der Waals surface area contributed by atoms with Gasteiger partial charge in [-0.2, -0.15) is 0 Å². The molecule has 1 amide bonds. The third-order valence-corrected chi connectivity index (χ3v) is 4.81. The molecule has 1 aliphatic rings. The number of nitrogens with one attached hydrogen (secondary N) is 2. The Bertz CT molecular complexity index is 883. The first-order valence-electron chi connectivity index (χ1n) is 9.36. The monoisotopic (exact) mass is 357 g/mol. The highest BCUT2D eigenvalue weighted by molar-refractivity contribution is 6.04. The van der Waals surface area contributed by atoms with Crippen LogP contribution in [-0.4, -0.2) is 19.0 Å². The Hall–Kier alpha value is -3.27. The topological polar surface area (TPSA) is 44.4 Å². The molecule has 0 atom stereocenters. The van der Waals surface area contributed by atoms with Crippen LogP contribution < -0.4 is 15.5 Å². The van der Waals surface area contributed by atoms with Crippen molar-refractivity contribution in [2.24, 2.45) is 0 Å². The van der Waals surface area contributed by atoms with E-state index in [1.807, 2.05) is 78.9 Å². The number of para-hydroxylation sites is 1. The second kappa shape index (κ2) is 7.96. The van der Waals surface area contributed by atoms with Gasteiger partial charge in [0, 0.05) is 41.4 Å². The first kappa shape index (κ1) is 17.2. The minimum atomic E-state index is -0.0910. The largest absolute Gasteiger partial charge is 0.372 e. The molecule has 27 heavy (non-hydrogen) atoms. The number of amides is 1. The summed E-state index contributed by atoms with van der Waals surface area (Å²) >= 11 is 0. The third-order valence-electron chi connectivity index (χ3n) is 4.81. The number of anilines is 4. The van der Waals surface area contributed by atoms with Crippen LogP contribution in [0.2, 0.25) is 0 Å². The molecule has 0 aliphatic carbocycles. The SMILES string of the molecule is O=C(Nc1ccc(Nc2ccccc2)cc1)c1ccc(N2CCCC2)cc1. The molecule has 1 saturated heterocycles. The summed E-state index contributed by atoms with van der Waals surface area (Å²) in [5.74, 6) is -0.0910. The van der Waals surface area contributed by atoms with Gasteiger partial charge in [-0.3, -0.25) is 4.79 Å². The summed E-state index contributed by atoms with van der Waals surface area (Å²) in [5, 5.41) is 6.29. The van der Waals surface area contributed by atoms with Crippen LogP contribution in [0.15, 0.2) is 78.9 Å². The van der Waals surface area contributed by atoms with Crippen LogP contribution in [0.3, 0.4) is 0 Å². The zero-order chi connectivity index (χ0) is 18.5. The van der Waals surface area contributed by atoms with Crippen molar-refractivity contribution in [2.45, 2.75) is 12.8 Å². The summed E-state index contributed by atoms with van der Waals surface area (Å²) in [6, 6.07) is 25.6. The molecule has 1 fully saturated rings. The lowest BCUT2D eigenvalue weighted by Crippen LogP contribution is -2.18. The van der Waals surface area contributed by atoms with Gasteiger partial charge in [0.15, 0.2) is 0 Å². The first-order chi connectivity index (χ1) is 13.3. The van der Waals surface area contributed by atoms with Crippen LogP contribution in [0.1, 0.15) is 23.2 Å². The Morgan fingerprint density at radius 1 is 0.704 bits per heavy atom. The lowest BCUT2D eigenvalue weighted by atomic mass is 10.1. The van der Waals surface area contributed by atoms with Crippen LogP contribution in [0.25, 0.3) is 0 Å². The van der Waals surface area contributed by atoms with Crippen LogP contribution in [0.5, 0.6) is 0 Å². The molecule has 0 saturated carbocycles. The van der Waals surface area contributed by atoms with E-state index < -0.39 is 0 Å². The zero-order valence-corrected chi connectivity index (χ0v) is 15.2. The van der Waals surface area contributed by atoms with Crippen molar-refractivity contribution in [3.05, 3.63) is 84.4 Å². The van der Waals surface area contributed by atoms with E-state index >= 15 is 0 Å². The van der Waals surface area contributed by atoms with Crippen LogP contribution in [-0.2, 0) is 0 Å². The van der Waals surface area contributed by atoms with Crippen molar-refractivity contribution in [1.29, 1.82) is 0 Å². The summed E-state index contributed by atoms with van der Waals surface area (Å²) in [6.07, 6.45) is 2.49. The molecule has 0 unspecified atom stereocenters. The van der Waals surface area contributed by atoms with E-state index in [-0.39, 0.29) is 5.91 Å². The summed E-state index contributed by atoms with van der Waals surface area (Å²) in [5.41, 5.74) is 4.66. The number of hydrogen-bond acceptors (Lipinski definition) is 3. The Kier molecular flexibility index (Phi) is 5.06. The third kappa shape index (κ3) is 4.29. The van der Waals surface area contributed by atoms with E-state index in [0.29, 0.717) is 5.56 Å². The van der Waals surface area contributed by atoms with Gasteiger partial charge in [0.05, 0.1) is 0 Å². The molecular weight excluding hydrogens is 334 g/mol. The highest BCUT2D eigenvalue weighted by Crippen LogP contribution is 2.22. The van der Waals surface area contributed by atoms with Gasteiger partial charge < -0.3 is 15.5 Å². The molecule has 2 N–H and O–H groups in total. The number of carbonyl (C=O) groups is 1. The van der Waals surface area contributed by atoms with Crippen molar-refractivity contribution in [3.63, 3.8) is 0 Å². The van der Waals surface area contributed by atoms with Gasteiger partial charge in [-0.05, 0) is 73.5 Å². The maximum absolute atomic E-state index is 12.5. The molecule has 3 aromatic carbocycles. The normalized spacial score (nSPS) is 13.4. The molecule has 4 rings (SSSR count). The molecule has 0 bridgehead atoms. The molecule has 1 aliphatic heterocycles. The van der Waals surface area contributed by atoms with Crippen molar-refractivity contribution >= 4 is 28.7 Å². The van der Waals surface area contributed by atoms with E-state index in [0.717, 1.165) is 30.2 Å². The molecular formula is C23H23N3O. The van der Waals surface area contributed by atoms with Gasteiger partial charge >= 0.3 is 0 Å². The van der Waals surface area contributed by atoms with Crippen LogP contribution >= 0.6 is 0 Å². The summed E-state index contributed by atoms with van der Waals surface area (Å²) < 4.78 is 0. The molecule has 4 heteroatoms. The average molecular weight is 357 g/mol. The summed E-state index contributed by atoms with van der Waals surface area (Å²) in [4.78, 5) is 14.8. The molecule has 0 radical (unpaired) electrons. The van der Waals surface area contributed by atoms with Gasteiger partial charge in [0.1, 0.15) is 0 Å². The summed E-state index contributed by atoms with van der Waals surface area (Å²) in [6.45, 7) is 2.21. The zero-order valence-electron chi connectivity index (χ0n) is 15.2. The van der Waals surface area contributed by atoms with E-state index in [1.165, 1.54) is 18.5 Å². The highest BCUT2D eigenvalue weighted by Gasteiger charge is 2.13. The van der Waals surface area contributed by atoms with Crippen LogP contribution in [0, 0.1) is 0 Å². The number of hydrogen-bond donors (Lipinski definition) is 2. The predicted octanol–water partition coefficient (Wildman–Crippen LogP) is 5.28. The van der Waals surface area contributed by atoms with E-state index in [9.17, 15) is 4.79 Å². The quantitative estimate of drug-likeness (QED) is 0.653. The number of rotatable bonds is 5. The molecule has 0 aromatic heterocycles. The molecule has 136 valence electrons. The van der Waals surface area contributed by atoms with E-state index in [1.54, 1.807) is 0 Å². The Balaban J connectivity index is 1.37. The number of benzene rings is 3. The van der Waals surface area contributed by atoms with Gasteiger partial charge in [-0.25, -0.2) is 0 Å². The van der Waals surface area contributed by atoms with Gasteiger partial charge in [0.2, 0.25) is 0 Å². The van der Waals surface area contributed by atoms with Gasteiger partial charge in [-0.1, -0.05) is 18.2 Å². The fourth-order valence-corrected chi connectivity index (χ4v) is 3.33. The van der Waals surface area contributed by atoms with Crippen molar-refractivity contribution in [2.75, 3.05) is 28.6 Å². The smallest absolute Gasteiger partial charge is 0.255 e. The minimum absolute atomic E-state index is 0.0910.